The zero-order valence-electron chi connectivity index (χ0n) is 16.2. The summed E-state index contributed by atoms with van der Waals surface area (Å²) in [4.78, 5) is 22.5. The lowest BCUT2D eigenvalue weighted by Gasteiger charge is -2.34. The number of piperidine rings is 1. The number of pyridine rings is 1. The van der Waals surface area contributed by atoms with Crippen molar-refractivity contribution in [3.05, 3.63) is 24.4 Å². The fourth-order valence-electron chi connectivity index (χ4n) is 3.24. The maximum Gasteiger partial charge on any atom is 0.217 e. The van der Waals surface area contributed by atoms with Gasteiger partial charge in [0.2, 0.25) is 5.91 Å². The number of carbonyl (C=O) groups is 1. The number of aliphatic imine (C=N–C) groups is 1. The lowest BCUT2D eigenvalue weighted by Crippen LogP contribution is -2.47. The predicted molar refractivity (Wildman–Crippen MR) is 121 cm³/mol. The normalized spacial score (nSPS) is 17.1. The number of halogens is 1. The first-order chi connectivity index (χ1) is 12.7. The number of primary amides is 1. The van der Waals surface area contributed by atoms with Gasteiger partial charge < -0.3 is 21.3 Å². The summed E-state index contributed by atoms with van der Waals surface area (Å²) in [6.45, 7) is 6.46. The molecule has 0 aliphatic carbocycles. The highest BCUT2D eigenvalue weighted by atomic mass is 127. The molecular formula is C19H33IN6O. The van der Waals surface area contributed by atoms with Gasteiger partial charge in [-0.15, -0.1) is 24.0 Å². The highest BCUT2D eigenvalue weighted by Crippen LogP contribution is 2.19. The van der Waals surface area contributed by atoms with Crippen molar-refractivity contribution in [2.24, 2.45) is 16.6 Å². The van der Waals surface area contributed by atoms with Gasteiger partial charge in [-0.3, -0.25) is 9.79 Å². The van der Waals surface area contributed by atoms with Gasteiger partial charge in [0, 0.05) is 45.3 Å². The number of aromatic nitrogens is 1. The van der Waals surface area contributed by atoms with E-state index in [2.05, 4.69) is 27.4 Å². The van der Waals surface area contributed by atoms with Gasteiger partial charge in [0.1, 0.15) is 5.82 Å². The van der Waals surface area contributed by atoms with E-state index in [1.165, 1.54) is 0 Å². The smallest absolute Gasteiger partial charge is 0.217 e. The number of carbonyl (C=O) groups excluding carboxylic acids is 1. The molecule has 1 amide bonds. The second-order valence-electron chi connectivity index (χ2n) is 6.71. The first kappa shape index (κ1) is 23.5. The molecule has 0 radical (unpaired) electrons. The van der Waals surface area contributed by atoms with Crippen LogP contribution in [0.4, 0.5) is 5.82 Å². The van der Waals surface area contributed by atoms with Crippen LogP contribution in [0.15, 0.2) is 29.4 Å². The van der Waals surface area contributed by atoms with Crippen LogP contribution in [0.25, 0.3) is 0 Å². The first-order valence-electron chi connectivity index (χ1n) is 9.65. The van der Waals surface area contributed by atoms with Gasteiger partial charge in [0.15, 0.2) is 5.96 Å². The van der Waals surface area contributed by atoms with E-state index in [0.29, 0.717) is 12.3 Å². The third-order valence-electron chi connectivity index (χ3n) is 4.46. The number of guanidine groups is 1. The van der Waals surface area contributed by atoms with Crippen LogP contribution in [0.3, 0.4) is 0 Å². The third-order valence-corrected chi connectivity index (χ3v) is 4.46. The van der Waals surface area contributed by atoms with Crippen molar-refractivity contribution in [2.45, 2.75) is 39.0 Å². The molecule has 1 saturated heterocycles. The van der Waals surface area contributed by atoms with E-state index in [0.717, 1.165) is 70.2 Å². The molecule has 1 unspecified atom stereocenters. The third kappa shape index (κ3) is 9.25. The van der Waals surface area contributed by atoms with E-state index in [1.54, 1.807) is 6.20 Å². The molecule has 7 nitrogen and oxygen atoms in total. The molecule has 1 aromatic heterocycles. The minimum absolute atomic E-state index is 0. The van der Waals surface area contributed by atoms with Crippen molar-refractivity contribution in [3.8, 4) is 0 Å². The number of nitrogens with zero attached hydrogens (tertiary/aromatic N) is 3. The number of unbranched alkanes of at least 4 members (excludes halogenated alkanes) is 1. The van der Waals surface area contributed by atoms with Crippen LogP contribution in [0.1, 0.15) is 39.0 Å². The van der Waals surface area contributed by atoms with E-state index in [4.69, 9.17) is 10.7 Å². The van der Waals surface area contributed by atoms with Crippen molar-refractivity contribution >= 4 is 41.7 Å². The summed E-state index contributed by atoms with van der Waals surface area (Å²) >= 11 is 0. The van der Waals surface area contributed by atoms with Gasteiger partial charge in [-0.05, 0) is 50.7 Å². The topological polar surface area (TPSA) is 95.6 Å². The van der Waals surface area contributed by atoms with Crippen LogP contribution >= 0.6 is 24.0 Å². The summed E-state index contributed by atoms with van der Waals surface area (Å²) in [5.41, 5.74) is 5.36. The molecule has 152 valence electrons. The number of likely N-dealkylation sites (tertiary alicyclic amines) is 1. The minimum Gasteiger partial charge on any atom is -0.370 e. The summed E-state index contributed by atoms with van der Waals surface area (Å²) < 4.78 is 0. The van der Waals surface area contributed by atoms with Crippen LogP contribution in [0, 0.1) is 5.92 Å². The van der Waals surface area contributed by atoms with Gasteiger partial charge in [-0.25, -0.2) is 4.98 Å². The van der Waals surface area contributed by atoms with Crippen molar-refractivity contribution < 1.29 is 4.79 Å². The Kier molecular flexibility index (Phi) is 11.8. The standard InChI is InChI=1S/C19H32N6O.HI/c1-2-21-19(25-13-7-8-16(15-25)14-17(20)26)24-12-6-5-11-23-18-9-3-4-10-22-18;/h3-4,9-10,16H,2,5-8,11-15H2,1H3,(H2,20,26)(H,21,24)(H,22,23);1H. The highest BCUT2D eigenvalue weighted by molar-refractivity contribution is 14.0. The Balaban J connectivity index is 0.00000364. The van der Waals surface area contributed by atoms with Crippen molar-refractivity contribution in [2.75, 3.05) is 38.0 Å². The average molecular weight is 488 g/mol. The van der Waals surface area contributed by atoms with Gasteiger partial charge in [0.25, 0.3) is 0 Å². The number of hydrogen-bond donors (Lipinski definition) is 3. The molecule has 0 spiro atoms. The largest absolute Gasteiger partial charge is 0.370 e. The van der Waals surface area contributed by atoms with Gasteiger partial charge in [0.05, 0.1) is 0 Å². The van der Waals surface area contributed by atoms with Gasteiger partial charge >= 0.3 is 0 Å². The van der Waals surface area contributed by atoms with Crippen LogP contribution in [-0.4, -0.2) is 54.5 Å². The van der Waals surface area contributed by atoms with Crippen LogP contribution in [-0.2, 0) is 4.79 Å². The number of nitrogens with one attached hydrogen (secondary N) is 2. The Labute approximate surface area is 179 Å². The molecule has 1 atom stereocenters. The molecule has 2 heterocycles. The van der Waals surface area contributed by atoms with Crippen LogP contribution in [0.5, 0.6) is 0 Å². The summed E-state index contributed by atoms with van der Waals surface area (Å²) in [5, 5.41) is 6.69. The molecule has 0 bridgehead atoms. The molecule has 4 N–H and O–H groups in total. The molecule has 8 heteroatoms. The number of hydrogen-bond acceptors (Lipinski definition) is 4. The highest BCUT2D eigenvalue weighted by Gasteiger charge is 2.23. The Morgan fingerprint density at radius 1 is 1.41 bits per heavy atom. The van der Waals surface area contributed by atoms with Gasteiger partial charge in [-0.2, -0.15) is 0 Å². The zero-order valence-corrected chi connectivity index (χ0v) is 18.5. The lowest BCUT2D eigenvalue weighted by molar-refractivity contribution is -0.119. The summed E-state index contributed by atoms with van der Waals surface area (Å²) in [5.74, 6) is 2.00. The van der Waals surface area contributed by atoms with E-state index in [1.807, 2.05) is 18.2 Å². The summed E-state index contributed by atoms with van der Waals surface area (Å²) in [6.07, 6.45) is 6.47. The fourth-order valence-corrected chi connectivity index (χ4v) is 3.24. The molecule has 1 aromatic rings. The first-order valence-corrected chi connectivity index (χ1v) is 9.65. The van der Waals surface area contributed by atoms with Crippen LogP contribution in [0.2, 0.25) is 0 Å². The molecular weight excluding hydrogens is 455 g/mol. The summed E-state index contributed by atoms with van der Waals surface area (Å²) in [7, 11) is 0. The predicted octanol–water partition coefficient (Wildman–Crippen LogP) is 2.44. The average Bonchev–Trinajstić information content (AvgIpc) is 2.64. The van der Waals surface area contributed by atoms with E-state index < -0.39 is 0 Å². The van der Waals surface area contributed by atoms with E-state index in [-0.39, 0.29) is 29.9 Å². The fraction of sp³-hybridized carbons (Fsp3) is 0.632. The van der Waals surface area contributed by atoms with E-state index in [9.17, 15) is 4.79 Å². The minimum atomic E-state index is -0.209. The maximum absolute atomic E-state index is 11.2. The Hall–Kier alpha value is -1.58. The quantitative estimate of drug-likeness (QED) is 0.215. The lowest BCUT2D eigenvalue weighted by atomic mass is 9.95. The molecule has 27 heavy (non-hydrogen) atoms. The van der Waals surface area contributed by atoms with Crippen molar-refractivity contribution in [3.63, 3.8) is 0 Å². The maximum atomic E-state index is 11.2. The number of nitrogens with two attached hydrogens (primary N) is 1. The van der Waals surface area contributed by atoms with Crippen molar-refractivity contribution in [1.82, 2.24) is 15.2 Å². The number of anilines is 1. The monoisotopic (exact) mass is 488 g/mol. The zero-order chi connectivity index (χ0) is 18.6. The molecule has 1 fully saturated rings. The molecule has 0 aromatic carbocycles. The van der Waals surface area contributed by atoms with Gasteiger partial charge in [-0.1, -0.05) is 6.07 Å². The van der Waals surface area contributed by atoms with Crippen molar-refractivity contribution in [1.29, 1.82) is 0 Å². The Bertz CT molecular complexity index is 569. The molecule has 2 rings (SSSR count). The Morgan fingerprint density at radius 2 is 2.26 bits per heavy atom. The number of rotatable bonds is 9. The van der Waals surface area contributed by atoms with Crippen LogP contribution < -0.4 is 16.4 Å². The van der Waals surface area contributed by atoms with E-state index >= 15 is 0 Å². The molecule has 1 aliphatic rings. The summed E-state index contributed by atoms with van der Waals surface area (Å²) in [6, 6.07) is 5.86. The second-order valence-corrected chi connectivity index (χ2v) is 6.71. The second kappa shape index (κ2) is 13.6. The SMILES string of the molecule is CCNC(=NCCCCNc1ccccn1)N1CCCC(CC(N)=O)C1.I. The molecule has 0 saturated carbocycles. The Morgan fingerprint density at radius 3 is 2.96 bits per heavy atom. The molecule has 1 aliphatic heterocycles. The number of amides is 1.